The molecule has 6 heterocycles. The molecule has 6 aliphatic heterocycles. The molecule has 9 aromatic carbocycles. The van der Waals surface area contributed by atoms with Gasteiger partial charge in [-0.1, -0.05) is 98.5 Å². The first kappa shape index (κ1) is 72.0. The lowest BCUT2D eigenvalue weighted by molar-refractivity contribution is -0.138. The first-order valence-electron chi connectivity index (χ1n) is 36.8. The van der Waals surface area contributed by atoms with Crippen molar-refractivity contribution >= 4 is 78.5 Å². The zero-order valence-electron chi connectivity index (χ0n) is 61.0. The van der Waals surface area contributed by atoms with E-state index >= 15 is 28.8 Å². The molecule has 0 bridgehead atoms. The van der Waals surface area contributed by atoms with E-state index in [4.69, 9.17) is 56.8 Å². The van der Waals surface area contributed by atoms with Crippen molar-refractivity contribution in [3.05, 3.63) is 166 Å². The highest BCUT2D eigenvalue weighted by molar-refractivity contribution is 6.45. The third kappa shape index (κ3) is 15.5. The summed E-state index contributed by atoms with van der Waals surface area (Å²) in [6, 6.07) is 33.5. The Labute approximate surface area is 614 Å². The second-order valence-electron chi connectivity index (χ2n) is 29.3. The lowest BCUT2D eigenvalue weighted by atomic mass is 9.80. The molecule has 15 rings (SSSR count). The van der Waals surface area contributed by atoms with Crippen LogP contribution < -0.4 is 18.9 Å². The van der Waals surface area contributed by atoms with E-state index < -0.39 is 47.5 Å². The summed E-state index contributed by atoms with van der Waals surface area (Å²) < 4.78 is 74.6. The number of nitrogens with zero attached hydrogens (tertiary/aromatic N) is 4. The number of carbonyl (C=O) groups is 6. The number of ether oxygens (including phenoxy) is 12. The van der Waals surface area contributed by atoms with Gasteiger partial charge in [0.15, 0.2) is 6.29 Å². The average molecular weight is 1440 g/mol. The highest BCUT2D eigenvalue weighted by atomic mass is 16.8. The molecule has 0 spiro atoms. The highest BCUT2D eigenvalue weighted by Crippen LogP contribution is 2.58. The molecule has 0 aromatic heterocycles. The van der Waals surface area contributed by atoms with E-state index in [9.17, 15) is 0 Å². The van der Waals surface area contributed by atoms with Gasteiger partial charge in [-0.3, -0.25) is 38.6 Å². The van der Waals surface area contributed by atoms with Gasteiger partial charge in [-0.05, 0) is 132 Å². The molecular weight excluding hydrogens is 1350 g/mol. The van der Waals surface area contributed by atoms with Gasteiger partial charge >= 0.3 is 0 Å². The molecule has 0 aliphatic carbocycles. The molecule has 6 aliphatic rings. The maximum Gasteiger partial charge on any atom is 0.262 e. The summed E-state index contributed by atoms with van der Waals surface area (Å²) in [6.07, 6.45) is 0.252. The average Bonchev–Trinajstić information content (AvgIpc) is 1.13. The lowest BCUT2D eigenvalue weighted by Gasteiger charge is -2.38. The Bertz CT molecular complexity index is 4250. The number of imide groups is 2. The van der Waals surface area contributed by atoms with Crippen LogP contribution in [0, 0.1) is 39.5 Å². The summed E-state index contributed by atoms with van der Waals surface area (Å²) in [5.41, 5.74) is 3.91. The molecule has 6 unspecified atom stereocenters. The molecule has 6 amide bonds. The van der Waals surface area contributed by atoms with Crippen molar-refractivity contribution in [2.75, 3.05) is 98.9 Å². The Kier molecular flexibility index (Phi) is 20.8. The number of rotatable bonds is 36. The fourth-order valence-corrected chi connectivity index (χ4v) is 14.2. The Morgan fingerprint density at radius 2 is 0.679 bits per heavy atom. The highest BCUT2D eigenvalue weighted by Gasteiger charge is 2.48. The quantitative estimate of drug-likeness (QED) is 0.0117. The predicted octanol–water partition coefficient (Wildman–Crippen LogP) is 13.8. The Morgan fingerprint density at radius 3 is 0.943 bits per heavy atom. The van der Waals surface area contributed by atoms with Crippen LogP contribution in [0.25, 0.3) is 43.1 Å². The molecule has 0 radical (unpaired) electrons. The number of benzene rings is 9. The Hall–Kier alpha value is -9.62. The van der Waals surface area contributed by atoms with Crippen LogP contribution in [0.2, 0.25) is 0 Å². The Morgan fingerprint density at radius 1 is 0.396 bits per heavy atom. The molecule has 106 heavy (non-hydrogen) atoms. The largest absolute Gasteiger partial charge is 0.457 e. The van der Waals surface area contributed by atoms with Gasteiger partial charge in [0.1, 0.15) is 83.0 Å². The van der Waals surface area contributed by atoms with E-state index in [1.165, 1.54) is 0 Å². The van der Waals surface area contributed by atoms with E-state index in [1.54, 1.807) is 34.1 Å². The van der Waals surface area contributed by atoms with Gasteiger partial charge in [-0.15, -0.1) is 0 Å². The van der Waals surface area contributed by atoms with Crippen LogP contribution >= 0.6 is 0 Å². The molecule has 9 aromatic rings. The van der Waals surface area contributed by atoms with Crippen molar-refractivity contribution in [1.82, 2.24) is 19.6 Å². The van der Waals surface area contributed by atoms with Crippen LogP contribution in [-0.4, -0.2) is 191 Å². The molecule has 0 N–H and O–H groups in total. The van der Waals surface area contributed by atoms with Gasteiger partial charge in [0.05, 0.1) is 88.3 Å². The molecule has 6 atom stereocenters. The number of carbonyl (C=O) groups excluding carboxylic acids is 6. The van der Waals surface area contributed by atoms with Gasteiger partial charge in [0, 0.05) is 69.3 Å². The van der Waals surface area contributed by atoms with Gasteiger partial charge in [0.25, 0.3) is 23.6 Å². The van der Waals surface area contributed by atoms with Crippen LogP contribution in [0.1, 0.15) is 111 Å². The predicted molar refractivity (Wildman–Crippen MR) is 395 cm³/mol. The monoisotopic (exact) mass is 1440 g/mol. The maximum absolute atomic E-state index is 16.6. The number of fused-ring (bicyclic) bond motifs is 2. The van der Waals surface area contributed by atoms with E-state index in [1.807, 2.05) is 152 Å². The van der Waals surface area contributed by atoms with Crippen LogP contribution in [0.15, 0.2) is 121 Å². The van der Waals surface area contributed by atoms with Crippen LogP contribution in [0.5, 0.6) is 46.0 Å². The standard InChI is InChI=1S/C84H88N4O18/c1-47(2)34-64(83(93)85(26-9-30-98-70-46-102-70)27-31-95-40-57-43-99-57)87-79(89)60-36-66(103-53-18-10-49(5)11-19-53)73-75-68(105-55-22-14-51(7)15-23-55)38-62-72-63(82(92)88(81(62)91)65(35-48(3)4)84(94)86(28-32-96-41-58-44-100-58)29-33-97-42-59-45-101-59)39-69(106-56-24-16-52(8)17-25-56)76(78(72)75)74-67(104-54-20-12-50(6)13-21-54)37-61(80(87)90)71(60)77(73)74/h10-25,36-39,47-48,57-59,64-65,70H,9,26-35,40-46H2,1-8H3. The first-order chi connectivity index (χ1) is 51.3. The molecule has 552 valence electrons. The lowest BCUT2D eigenvalue weighted by Crippen LogP contribution is -2.56. The molecular formula is C84H88N4O18. The molecule has 22 heteroatoms. The maximum atomic E-state index is 16.6. The summed E-state index contributed by atoms with van der Waals surface area (Å²) in [5, 5.41) is 2.28. The first-order valence-corrected chi connectivity index (χ1v) is 36.8. The van der Waals surface area contributed by atoms with Crippen molar-refractivity contribution in [2.24, 2.45) is 11.8 Å². The zero-order chi connectivity index (χ0) is 73.6. The number of hydrogen-bond donors (Lipinski definition) is 0. The van der Waals surface area contributed by atoms with Crippen molar-refractivity contribution in [2.45, 2.75) is 111 Å². The third-order valence-electron chi connectivity index (χ3n) is 20.0. The van der Waals surface area contributed by atoms with Crippen molar-refractivity contribution in [3.8, 4) is 46.0 Å². The summed E-state index contributed by atoms with van der Waals surface area (Å²) in [5.74, 6) is -2.46. The number of epoxide rings is 4. The topological polar surface area (TPSA) is 239 Å². The SMILES string of the molecule is Cc1ccc(Oc2cc3c4c(cc(Oc5ccc(C)cc5)c5c6c(Oc7ccc(C)cc7)cc7c8c(cc(Oc9ccc(C)cc9)c(c2c45)c86)C(=O)N(C(CC(C)C)C(=O)N(CCOCC2CO2)CCOCC2CO2)C7=O)C(=O)N(C(CC(C)C)C(=O)N(CCCOC2CO2)CCOCC2CO2)C3=O)cc1. The second kappa shape index (κ2) is 30.7. The summed E-state index contributed by atoms with van der Waals surface area (Å²) >= 11 is 0. The molecule has 4 fully saturated rings. The van der Waals surface area contributed by atoms with E-state index in [0.29, 0.717) is 115 Å². The summed E-state index contributed by atoms with van der Waals surface area (Å²) in [4.78, 5) is 103. The fourth-order valence-electron chi connectivity index (χ4n) is 14.2. The normalized spacial score (nSPS) is 18.4. The number of amides is 6. The van der Waals surface area contributed by atoms with E-state index in [0.717, 1.165) is 32.1 Å². The van der Waals surface area contributed by atoms with Gasteiger partial charge < -0.3 is 66.6 Å². The number of hydrogen-bond acceptors (Lipinski definition) is 18. The van der Waals surface area contributed by atoms with Gasteiger partial charge in [-0.2, -0.15) is 0 Å². The number of aryl methyl sites for hydroxylation is 4. The fraction of sp³-hybridized carbons (Fsp3) is 0.405. The molecule has 22 nitrogen and oxygen atoms in total. The second-order valence-corrected chi connectivity index (χ2v) is 29.3. The van der Waals surface area contributed by atoms with Crippen molar-refractivity contribution in [1.29, 1.82) is 0 Å². The summed E-state index contributed by atoms with van der Waals surface area (Å²) in [7, 11) is 0. The Balaban J connectivity index is 0.990. The minimum atomic E-state index is -1.34. The smallest absolute Gasteiger partial charge is 0.262 e. The van der Waals surface area contributed by atoms with E-state index in [-0.39, 0.29) is 151 Å². The zero-order valence-corrected chi connectivity index (χ0v) is 61.0. The molecule has 4 saturated heterocycles. The van der Waals surface area contributed by atoms with Crippen molar-refractivity contribution in [3.63, 3.8) is 0 Å². The van der Waals surface area contributed by atoms with E-state index in [2.05, 4.69) is 0 Å². The van der Waals surface area contributed by atoms with Crippen molar-refractivity contribution < 1.29 is 85.6 Å². The van der Waals surface area contributed by atoms with Gasteiger partial charge in [-0.25, -0.2) is 0 Å². The third-order valence-corrected chi connectivity index (χ3v) is 20.0. The van der Waals surface area contributed by atoms with Crippen LogP contribution in [0.4, 0.5) is 0 Å². The van der Waals surface area contributed by atoms with Crippen LogP contribution in [0.3, 0.4) is 0 Å². The minimum Gasteiger partial charge on any atom is -0.457 e. The summed E-state index contributed by atoms with van der Waals surface area (Å²) in [6.45, 7) is 20.3. The van der Waals surface area contributed by atoms with Crippen LogP contribution in [-0.2, 0) is 47.5 Å². The molecule has 0 saturated carbocycles. The van der Waals surface area contributed by atoms with Gasteiger partial charge in [0.2, 0.25) is 11.8 Å². The minimum absolute atomic E-state index is 0.0186.